The first-order valence-electron chi connectivity index (χ1n) is 7.99. The number of aryl methyl sites for hydroxylation is 1. The molecule has 6 nitrogen and oxygen atoms in total. The van der Waals surface area contributed by atoms with Crippen molar-refractivity contribution in [2.75, 3.05) is 17.7 Å². The van der Waals surface area contributed by atoms with Crippen LogP contribution in [0.15, 0.2) is 36.4 Å². The van der Waals surface area contributed by atoms with Gasteiger partial charge >= 0.3 is 0 Å². The highest BCUT2D eigenvalue weighted by atomic mass is 35.5. The van der Waals surface area contributed by atoms with Crippen LogP contribution in [0.4, 0.5) is 11.4 Å². The summed E-state index contributed by atoms with van der Waals surface area (Å²) in [5.74, 6) is 0.521. The van der Waals surface area contributed by atoms with Gasteiger partial charge in [-0.3, -0.25) is 9.59 Å². The highest BCUT2D eigenvalue weighted by Crippen LogP contribution is 2.28. The molecule has 2 amide bonds. The monoisotopic (exact) mass is 376 g/mol. The molecule has 2 rings (SSSR count). The van der Waals surface area contributed by atoms with E-state index in [2.05, 4.69) is 10.6 Å². The summed E-state index contributed by atoms with van der Waals surface area (Å²) in [6.07, 6.45) is -0.758. The minimum Gasteiger partial charge on any atom is -0.497 e. The van der Waals surface area contributed by atoms with Gasteiger partial charge in [-0.15, -0.1) is 0 Å². The second kappa shape index (κ2) is 8.58. The summed E-state index contributed by atoms with van der Waals surface area (Å²) in [6.45, 7) is 4.88. The highest BCUT2D eigenvalue weighted by molar-refractivity contribution is 6.30. The van der Waals surface area contributed by atoms with Gasteiger partial charge in [0.1, 0.15) is 11.5 Å². The van der Waals surface area contributed by atoms with Crippen LogP contribution in [0.2, 0.25) is 5.02 Å². The number of methoxy groups -OCH3 is 1. The van der Waals surface area contributed by atoms with Gasteiger partial charge < -0.3 is 20.1 Å². The summed E-state index contributed by atoms with van der Waals surface area (Å²) in [7, 11) is 1.52. The van der Waals surface area contributed by atoms with E-state index in [1.165, 1.54) is 14.0 Å². The van der Waals surface area contributed by atoms with Gasteiger partial charge in [-0.05, 0) is 49.7 Å². The third kappa shape index (κ3) is 5.13. The van der Waals surface area contributed by atoms with Crippen LogP contribution in [0.25, 0.3) is 0 Å². The standard InChI is InChI=1S/C19H21ClN2O4/c1-11-9-14(20)5-8-18(11)26-12(2)19(24)22-17-10-15(25-4)6-7-16(17)21-13(3)23/h5-10,12H,1-4H3,(H,21,23)(H,22,24). The van der Waals surface area contributed by atoms with Gasteiger partial charge in [-0.1, -0.05) is 11.6 Å². The van der Waals surface area contributed by atoms with Gasteiger partial charge in [0.25, 0.3) is 5.91 Å². The van der Waals surface area contributed by atoms with Crippen LogP contribution >= 0.6 is 11.6 Å². The molecule has 0 aliphatic heterocycles. The zero-order valence-corrected chi connectivity index (χ0v) is 15.8. The molecular weight excluding hydrogens is 356 g/mol. The van der Waals surface area contributed by atoms with Crippen molar-refractivity contribution in [2.45, 2.75) is 26.9 Å². The minimum absolute atomic E-state index is 0.244. The first kappa shape index (κ1) is 19.6. The van der Waals surface area contributed by atoms with Crippen LogP contribution in [0.3, 0.4) is 0 Å². The summed E-state index contributed by atoms with van der Waals surface area (Å²) in [6, 6.07) is 10.2. The number of rotatable bonds is 6. The molecule has 26 heavy (non-hydrogen) atoms. The van der Waals surface area contributed by atoms with Gasteiger partial charge in [0, 0.05) is 18.0 Å². The van der Waals surface area contributed by atoms with Gasteiger partial charge in [0.15, 0.2) is 6.10 Å². The van der Waals surface area contributed by atoms with Crippen LogP contribution in [-0.4, -0.2) is 25.0 Å². The minimum atomic E-state index is -0.758. The Balaban J connectivity index is 2.16. The maximum absolute atomic E-state index is 12.5. The van der Waals surface area contributed by atoms with Crippen molar-refractivity contribution in [3.05, 3.63) is 47.0 Å². The average molecular weight is 377 g/mol. The molecule has 2 aromatic carbocycles. The SMILES string of the molecule is COc1ccc(NC(C)=O)c(NC(=O)C(C)Oc2ccc(Cl)cc2C)c1. The Hall–Kier alpha value is -2.73. The lowest BCUT2D eigenvalue weighted by Gasteiger charge is -2.18. The van der Waals surface area contributed by atoms with Crippen LogP contribution in [0.1, 0.15) is 19.4 Å². The smallest absolute Gasteiger partial charge is 0.265 e. The second-order valence-corrected chi connectivity index (χ2v) is 6.19. The number of halogens is 1. The summed E-state index contributed by atoms with van der Waals surface area (Å²) >= 11 is 5.93. The van der Waals surface area contributed by atoms with Crippen molar-refractivity contribution in [3.63, 3.8) is 0 Å². The lowest BCUT2D eigenvalue weighted by Crippen LogP contribution is -2.30. The van der Waals surface area contributed by atoms with Crippen molar-refractivity contribution in [2.24, 2.45) is 0 Å². The molecular formula is C19H21ClN2O4. The Morgan fingerprint density at radius 3 is 2.42 bits per heavy atom. The van der Waals surface area contributed by atoms with Gasteiger partial charge in [-0.25, -0.2) is 0 Å². The molecule has 1 atom stereocenters. The lowest BCUT2D eigenvalue weighted by atomic mass is 10.2. The van der Waals surface area contributed by atoms with E-state index in [4.69, 9.17) is 21.1 Å². The molecule has 0 saturated heterocycles. The van der Waals surface area contributed by atoms with Crippen molar-refractivity contribution in [1.82, 2.24) is 0 Å². The summed E-state index contributed by atoms with van der Waals surface area (Å²) < 4.78 is 10.9. The van der Waals surface area contributed by atoms with E-state index in [1.807, 2.05) is 6.92 Å². The number of anilines is 2. The van der Waals surface area contributed by atoms with Gasteiger partial charge in [-0.2, -0.15) is 0 Å². The third-order valence-corrected chi connectivity index (χ3v) is 3.84. The Labute approximate surface area is 157 Å². The molecule has 138 valence electrons. The molecule has 0 heterocycles. The van der Waals surface area contributed by atoms with E-state index >= 15 is 0 Å². The van der Waals surface area contributed by atoms with E-state index in [0.717, 1.165) is 5.56 Å². The molecule has 0 aromatic heterocycles. The molecule has 0 spiro atoms. The fourth-order valence-electron chi connectivity index (χ4n) is 2.28. The normalized spacial score (nSPS) is 11.4. The zero-order chi connectivity index (χ0) is 19.3. The van der Waals surface area contributed by atoms with Crippen molar-refractivity contribution >= 4 is 34.8 Å². The van der Waals surface area contributed by atoms with Crippen molar-refractivity contribution < 1.29 is 19.1 Å². The van der Waals surface area contributed by atoms with Crippen LogP contribution in [0.5, 0.6) is 11.5 Å². The number of amides is 2. The molecule has 2 N–H and O–H groups in total. The lowest BCUT2D eigenvalue weighted by molar-refractivity contribution is -0.122. The average Bonchev–Trinajstić information content (AvgIpc) is 2.58. The first-order valence-corrected chi connectivity index (χ1v) is 8.37. The molecule has 0 aliphatic rings. The van der Waals surface area contributed by atoms with E-state index in [1.54, 1.807) is 43.3 Å². The largest absolute Gasteiger partial charge is 0.497 e. The predicted octanol–water partition coefficient (Wildman–Crippen LogP) is 4.02. The Morgan fingerprint density at radius 1 is 1.08 bits per heavy atom. The molecule has 0 saturated carbocycles. The van der Waals surface area contributed by atoms with Gasteiger partial charge in [0.05, 0.1) is 18.5 Å². The van der Waals surface area contributed by atoms with Crippen LogP contribution in [-0.2, 0) is 9.59 Å². The summed E-state index contributed by atoms with van der Waals surface area (Å²) in [5, 5.41) is 6.03. The van der Waals surface area contributed by atoms with E-state index in [-0.39, 0.29) is 11.8 Å². The fourth-order valence-corrected chi connectivity index (χ4v) is 2.50. The van der Waals surface area contributed by atoms with E-state index in [0.29, 0.717) is 27.9 Å². The Kier molecular flexibility index (Phi) is 6.46. The summed E-state index contributed by atoms with van der Waals surface area (Å²) in [4.78, 5) is 23.9. The number of benzene rings is 2. The number of hydrogen-bond acceptors (Lipinski definition) is 4. The maximum atomic E-state index is 12.5. The number of carbonyl (C=O) groups excluding carboxylic acids is 2. The number of carbonyl (C=O) groups is 2. The van der Waals surface area contributed by atoms with Crippen LogP contribution in [0, 0.1) is 6.92 Å². The van der Waals surface area contributed by atoms with Crippen molar-refractivity contribution in [1.29, 1.82) is 0 Å². The molecule has 0 radical (unpaired) electrons. The Bertz CT molecular complexity index is 823. The second-order valence-electron chi connectivity index (χ2n) is 5.75. The zero-order valence-electron chi connectivity index (χ0n) is 15.1. The quantitative estimate of drug-likeness (QED) is 0.798. The number of ether oxygens (including phenoxy) is 2. The van der Waals surface area contributed by atoms with E-state index < -0.39 is 6.10 Å². The summed E-state index contributed by atoms with van der Waals surface area (Å²) in [5.41, 5.74) is 1.73. The first-order chi connectivity index (χ1) is 12.3. The highest BCUT2D eigenvalue weighted by Gasteiger charge is 2.18. The van der Waals surface area contributed by atoms with Crippen LogP contribution < -0.4 is 20.1 Å². The van der Waals surface area contributed by atoms with E-state index in [9.17, 15) is 9.59 Å². The molecule has 2 aromatic rings. The number of hydrogen-bond donors (Lipinski definition) is 2. The maximum Gasteiger partial charge on any atom is 0.265 e. The molecule has 0 bridgehead atoms. The molecule has 0 fully saturated rings. The topological polar surface area (TPSA) is 76.7 Å². The number of nitrogens with one attached hydrogen (secondary N) is 2. The molecule has 7 heteroatoms. The van der Waals surface area contributed by atoms with Crippen molar-refractivity contribution in [3.8, 4) is 11.5 Å². The fraction of sp³-hybridized carbons (Fsp3) is 0.263. The molecule has 1 unspecified atom stereocenters. The molecule has 0 aliphatic carbocycles. The predicted molar refractivity (Wildman–Crippen MR) is 102 cm³/mol. The van der Waals surface area contributed by atoms with Gasteiger partial charge in [0.2, 0.25) is 5.91 Å². The Morgan fingerprint density at radius 2 is 1.81 bits per heavy atom. The third-order valence-electron chi connectivity index (χ3n) is 3.61.